The molecule has 1 fully saturated rings. The molecule has 1 saturated carbocycles. The largest absolute Gasteiger partial charge is 0.504 e. The Morgan fingerprint density at radius 2 is 2.00 bits per heavy atom. The van der Waals surface area contributed by atoms with Crippen LogP contribution in [0.3, 0.4) is 0 Å². The summed E-state index contributed by atoms with van der Waals surface area (Å²) in [5.41, 5.74) is 1.06. The van der Waals surface area contributed by atoms with Crippen LogP contribution in [0.5, 0.6) is 5.75 Å². The van der Waals surface area contributed by atoms with E-state index in [1.54, 1.807) is 6.20 Å². The summed E-state index contributed by atoms with van der Waals surface area (Å²) in [6, 6.07) is 0.336. The molecule has 1 aromatic heterocycles. The molecule has 15 heavy (non-hydrogen) atoms. The second-order valence-corrected chi connectivity index (χ2v) is 4.79. The van der Waals surface area contributed by atoms with Crippen LogP contribution in [0.15, 0.2) is 6.20 Å². The SMILES string of the molecule is CC(C)n1ncc(O)c1C1CCCCC1. The van der Waals surface area contributed by atoms with Crippen molar-refractivity contribution in [2.24, 2.45) is 0 Å². The summed E-state index contributed by atoms with van der Waals surface area (Å²) in [6.45, 7) is 4.22. The van der Waals surface area contributed by atoms with Gasteiger partial charge in [0.05, 0.1) is 11.9 Å². The predicted octanol–water partition coefficient (Wildman–Crippen LogP) is 3.22. The molecular formula is C12H20N2O. The van der Waals surface area contributed by atoms with Gasteiger partial charge in [-0.05, 0) is 26.7 Å². The van der Waals surface area contributed by atoms with Crippen molar-refractivity contribution in [3.63, 3.8) is 0 Å². The van der Waals surface area contributed by atoms with Gasteiger partial charge in [-0.25, -0.2) is 0 Å². The van der Waals surface area contributed by atoms with Gasteiger partial charge in [-0.1, -0.05) is 19.3 Å². The monoisotopic (exact) mass is 208 g/mol. The molecule has 2 rings (SSSR count). The molecule has 0 aromatic carbocycles. The van der Waals surface area contributed by atoms with Crippen LogP contribution in [0.2, 0.25) is 0 Å². The third kappa shape index (κ3) is 2.01. The molecule has 1 aromatic rings. The fraction of sp³-hybridized carbons (Fsp3) is 0.750. The lowest BCUT2D eigenvalue weighted by molar-refractivity contribution is 0.381. The number of rotatable bonds is 2. The maximum absolute atomic E-state index is 9.85. The molecule has 1 N–H and O–H groups in total. The summed E-state index contributed by atoms with van der Waals surface area (Å²) < 4.78 is 1.98. The van der Waals surface area contributed by atoms with Gasteiger partial charge < -0.3 is 5.11 Å². The lowest BCUT2D eigenvalue weighted by Gasteiger charge is -2.24. The smallest absolute Gasteiger partial charge is 0.157 e. The molecule has 0 spiro atoms. The average Bonchev–Trinajstić information content (AvgIpc) is 2.61. The van der Waals surface area contributed by atoms with E-state index in [9.17, 15) is 5.11 Å². The van der Waals surface area contributed by atoms with E-state index in [0.29, 0.717) is 17.7 Å². The van der Waals surface area contributed by atoms with Gasteiger partial charge in [-0.15, -0.1) is 0 Å². The first-order valence-corrected chi connectivity index (χ1v) is 5.96. The van der Waals surface area contributed by atoms with Crippen LogP contribution >= 0.6 is 0 Å². The Morgan fingerprint density at radius 3 is 2.60 bits per heavy atom. The molecule has 1 heterocycles. The predicted molar refractivity (Wildman–Crippen MR) is 60.1 cm³/mol. The van der Waals surface area contributed by atoms with E-state index in [-0.39, 0.29) is 0 Å². The van der Waals surface area contributed by atoms with E-state index in [2.05, 4.69) is 18.9 Å². The van der Waals surface area contributed by atoms with Crippen LogP contribution in [-0.2, 0) is 0 Å². The topological polar surface area (TPSA) is 38.0 Å². The van der Waals surface area contributed by atoms with Crippen LogP contribution in [-0.4, -0.2) is 14.9 Å². The van der Waals surface area contributed by atoms with Gasteiger partial charge in [-0.2, -0.15) is 5.10 Å². The Hall–Kier alpha value is -0.990. The number of hydrogen-bond donors (Lipinski definition) is 1. The Labute approximate surface area is 91.1 Å². The highest BCUT2D eigenvalue weighted by atomic mass is 16.3. The van der Waals surface area contributed by atoms with E-state index >= 15 is 0 Å². The van der Waals surface area contributed by atoms with Gasteiger partial charge in [0.15, 0.2) is 5.75 Å². The van der Waals surface area contributed by atoms with E-state index in [0.717, 1.165) is 5.69 Å². The van der Waals surface area contributed by atoms with E-state index in [1.807, 2.05) is 4.68 Å². The lowest BCUT2D eigenvalue weighted by atomic mass is 9.86. The summed E-state index contributed by atoms with van der Waals surface area (Å²) in [4.78, 5) is 0. The minimum atomic E-state index is 0.336. The van der Waals surface area contributed by atoms with Crippen molar-refractivity contribution < 1.29 is 5.11 Å². The van der Waals surface area contributed by atoms with Crippen molar-refractivity contribution in [3.05, 3.63) is 11.9 Å². The van der Waals surface area contributed by atoms with Gasteiger partial charge in [0.2, 0.25) is 0 Å². The van der Waals surface area contributed by atoms with Crippen molar-refractivity contribution in [1.82, 2.24) is 9.78 Å². The van der Waals surface area contributed by atoms with Crippen LogP contribution in [0.25, 0.3) is 0 Å². The molecule has 3 nitrogen and oxygen atoms in total. The molecule has 0 radical (unpaired) electrons. The summed E-state index contributed by atoms with van der Waals surface area (Å²) in [6.07, 6.45) is 7.90. The average molecular weight is 208 g/mol. The number of aromatic hydroxyl groups is 1. The van der Waals surface area contributed by atoms with E-state index < -0.39 is 0 Å². The van der Waals surface area contributed by atoms with Crippen LogP contribution in [0, 0.1) is 0 Å². The minimum Gasteiger partial charge on any atom is -0.504 e. The third-order valence-corrected chi connectivity index (χ3v) is 3.29. The normalized spacial score (nSPS) is 18.6. The number of nitrogens with zero attached hydrogens (tertiary/aromatic N) is 2. The molecule has 3 heteroatoms. The molecule has 0 aliphatic heterocycles. The maximum Gasteiger partial charge on any atom is 0.157 e. The highest BCUT2D eigenvalue weighted by Gasteiger charge is 2.23. The molecule has 0 atom stereocenters. The van der Waals surface area contributed by atoms with Gasteiger partial charge in [0.1, 0.15) is 0 Å². The summed E-state index contributed by atoms with van der Waals surface area (Å²) in [5, 5.41) is 14.1. The standard InChI is InChI=1S/C12H20N2O/c1-9(2)14-12(11(15)8-13-14)10-6-4-3-5-7-10/h8-10,15H,3-7H2,1-2H3. The first-order chi connectivity index (χ1) is 7.20. The Bertz CT molecular complexity index is 324. The van der Waals surface area contributed by atoms with Gasteiger partial charge >= 0.3 is 0 Å². The van der Waals surface area contributed by atoms with Crippen molar-refractivity contribution in [1.29, 1.82) is 0 Å². The highest BCUT2D eigenvalue weighted by Crippen LogP contribution is 2.37. The van der Waals surface area contributed by atoms with Crippen LogP contribution in [0.4, 0.5) is 0 Å². The molecular weight excluding hydrogens is 188 g/mol. The molecule has 0 unspecified atom stereocenters. The third-order valence-electron chi connectivity index (χ3n) is 3.29. The summed E-state index contributed by atoms with van der Waals surface area (Å²) in [7, 11) is 0. The molecule has 1 aliphatic carbocycles. The van der Waals surface area contributed by atoms with Gasteiger partial charge in [0, 0.05) is 12.0 Å². The first-order valence-electron chi connectivity index (χ1n) is 5.96. The Morgan fingerprint density at radius 1 is 1.33 bits per heavy atom. The molecule has 0 saturated heterocycles. The Balaban J connectivity index is 2.28. The van der Waals surface area contributed by atoms with Gasteiger partial charge in [0.25, 0.3) is 0 Å². The number of hydrogen-bond acceptors (Lipinski definition) is 2. The Kier molecular flexibility index (Phi) is 2.98. The molecule has 0 bridgehead atoms. The fourth-order valence-corrected chi connectivity index (χ4v) is 2.55. The minimum absolute atomic E-state index is 0.336. The van der Waals surface area contributed by atoms with Crippen molar-refractivity contribution in [2.45, 2.75) is 57.9 Å². The van der Waals surface area contributed by atoms with E-state index in [1.165, 1.54) is 32.1 Å². The fourth-order valence-electron chi connectivity index (χ4n) is 2.55. The zero-order valence-corrected chi connectivity index (χ0v) is 9.61. The summed E-state index contributed by atoms with van der Waals surface area (Å²) in [5.74, 6) is 0.902. The van der Waals surface area contributed by atoms with Crippen molar-refractivity contribution >= 4 is 0 Å². The summed E-state index contributed by atoms with van der Waals surface area (Å²) >= 11 is 0. The van der Waals surface area contributed by atoms with E-state index in [4.69, 9.17) is 0 Å². The molecule has 84 valence electrons. The van der Waals surface area contributed by atoms with Gasteiger partial charge in [-0.3, -0.25) is 4.68 Å². The second-order valence-electron chi connectivity index (χ2n) is 4.79. The second kappa shape index (κ2) is 4.25. The first kappa shape index (κ1) is 10.5. The van der Waals surface area contributed by atoms with Crippen molar-refractivity contribution in [2.75, 3.05) is 0 Å². The number of aromatic nitrogens is 2. The quantitative estimate of drug-likeness (QED) is 0.810. The molecule has 0 amide bonds. The van der Waals surface area contributed by atoms with Crippen LogP contribution in [0.1, 0.15) is 63.6 Å². The van der Waals surface area contributed by atoms with Crippen molar-refractivity contribution in [3.8, 4) is 5.75 Å². The maximum atomic E-state index is 9.85. The zero-order valence-electron chi connectivity index (χ0n) is 9.61. The lowest BCUT2D eigenvalue weighted by Crippen LogP contribution is -2.13. The highest BCUT2D eigenvalue weighted by molar-refractivity contribution is 5.27. The van der Waals surface area contributed by atoms with Crippen LogP contribution < -0.4 is 0 Å². The molecule has 1 aliphatic rings. The zero-order chi connectivity index (χ0) is 10.8.